The molecule has 2 nitrogen and oxygen atoms in total. The maximum Gasteiger partial charge on any atom is 0.488 e. The zero-order valence-corrected chi connectivity index (χ0v) is 18.4. The highest BCUT2D eigenvalue weighted by Crippen LogP contribution is 2.30. The molecule has 2 rings (SSSR count). The third kappa shape index (κ3) is 8.36. The fourth-order valence-corrected chi connectivity index (χ4v) is 4.08. The monoisotopic (exact) mass is 394 g/mol. The van der Waals surface area contributed by atoms with Crippen molar-refractivity contribution in [1.29, 1.82) is 0 Å². The Balaban J connectivity index is 1.98. The number of benzene rings is 2. The molecule has 0 spiro atoms. The zero-order valence-electron chi connectivity index (χ0n) is 18.4. The van der Waals surface area contributed by atoms with Crippen LogP contribution in [0.2, 0.25) is 0 Å². The van der Waals surface area contributed by atoms with Crippen LogP contribution in [0.4, 0.5) is 0 Å². The van der Waals surface area contributed by atoms with Crippen molar-refractivity contribution in [3.8, 4) is 11.1 Å². The zero-order chi connectivity index (χ0) is 20.9. The Morgan fingerprint density at radius 1 is 0.621 bits per heavy atom. The first-order valence-corrected chi connectivity index (χ1v) is 11.7. The molecule has 0 heterocycles. The van der Waals surface area contributed by atoms with Crippen LogP contribution in [0, 0.1) is 0 Å². The Morgan fingerprint density at radius 3 is 1.62 bits per heavy atom. The predicted octanol–water partition coefficient (Wildman–Crippen LogP) is 6.45. The third-order valence-corrected chi connectivity index (χ3v) is 5.99. The number of unbranched alkanes of at least 4 members (excludes halogenated alkanes) is 7. The minimum atomic E-state index is -1.41. The van der Waals surface area contributed by atoms with Crippen LogP contribution in [0.5, 0.6) is 0 Å². The Labute approximate surface area is 178 Å². The molecule has 2 N–H and O–H groups in total. The molecule has 0 aliphatic carbocycles. The Hall–Kier alpha value is -1.58. The van der Waals surface area contributed by atoms with Gasteiger partial charge in [-0.2, -0.15) is 0 Å². The van der Waals surface area contributed by atoms with Crippen LogP contribution in [0.15, 0.2) is 48.5 Å². The quantitative estimate of drug-likeness (QED) is 0.286. The molecule has 1 atom stereocenters. The number of hydrogen-bond donors (Lipinski definition) is 2. The normalized spacial score (nSPS) is 12.1. The molecule has 2 aromatic carbocycles. The van der Waals surface area contributed by atoms with E-state index >= 15 is 0 Å². The van der Waals surface area contributed by atoms with Crippen LogP contribution >= 0.6 is 0 Å². The van der Waals surface area contributed by atoms with E-state index in [-0.39, 0.29) is 0 Å². The smallest absolute Gasteiger partial charge is 0.423 e. The summed E-state index contributed by atoms with van der Waals surface area (Å²) in [7, 11) is -1.41. The standard InChI is InChI=1S/C26H39BO2/c1-3-5-7-8-9-11-13-22(12-10-6-4-2)23-14-16-24(17-15-23)25-18-20-26(21-19-25)27(28)29/h14-22,28-29H,3-13H2,1-2H3. The molecular formula is C26H39BO2. The molecule has 2 aromatic rings. The molecule has 1 unspecified atom stereocenters. The highest BCUT2D eigenvalue weighted by atomic mass is 16.4. The molecule has 0 fully saturated rings. The summed E-state index contributed by atoms with van der Waals surface area (Å²) in [5, 5.41) is 18.5. The van der Waals surface area contributed by atoms with Gasteiger partial charge >= 0.3 is 7.12 Å². The molecule has 3 heteroatoms. The fourth-order valence-electron chi connectivity index (χ4n) is 4.08. The van der Waals surface area contributed by atoms with Crippen molar-refractivity contribution in [2.75, 3.05) is 0 Å². The minimum Gasteiger partial charge on any atom is -0.423 e. The molecule has 0 bridgehead atoms. The highest BCUT2D eigenvalue weighted by molar-refractivity contribution is 6.58. The molecule has 0 amide bonds. The van der Waals surface area contributed by atoms with Crippen molar-refractivity contribution in [2.24, 2.45) is 0 Å². The van der Waals surface area contributed by atoms with Crippen LogP contribution in [-0.4, -0.2) is 17.2 Å². The summed E-state index contributed by atoms with van der Waals surface area (Å²) < 4.78 is 0. The maximum absolute atomic E-state index is 9.26. The first-order valence-electron chi connectivity index (χ1n) is 11.7. The van der Waals surface area contributed by atoms with Gasteiger partial charge in [-0.05, 0) is 40.9 Å². The molecule has 0 aliphatic heterocycles. The SMILES string of the molecule is CCCCCCCCC(CCCCC)c1ccc(-c2ccc(B(O)O)cc2)cc1. The Kier molecular flexibility index (Phi) is 11.1. The Bertz CT molecular complexity index is 664. The van der Waals surface area contributed by atoms with E-state index in [2.05, 4.69) is 38.1 Å². The van der Waals surface area contributed by atoms with E-state index in [9.17, 15) is 10.0 Å². The molecule has 0 aliphatic rings. The second-order valence-electron chi connectivity index (χ2n) is 8.37. The average molecular weight is 394 g/mol. The average Bonchev–Trinajstić information content (AvgIpc) is 2.75. The van der Waals surface area contributed by atoms with E-state index in [0.717, 1.165) is 5.56 Å². The van der Waals surface area contributed by atoms with E-state index in [1.54, 1.807) is 12.1 Å². The number of hydrogen-bond acceptors (Lipinski definition) is 2. The van der Waals surface area contributed by atoms with Gasteiger partial charge in [-0.3, -0.25) is 0 Å². The minimum absolute atomic E-state index is 0.528. The van der Waals surface area contributed by atoms with E-state index in [1.807, 2.05) is 12.1 Å². The third-order valence-electron chi connectivity index (χ3n) is 5.99. The van der Waals surface area contributed by atoms with E-state index in [0.29, 0.717) is 11.4 Å². The summed E-state index contributed by atoms with van der Waals surface area (Å²) in [4.78, 5) is 0. The topological polar surface area (TPSA) is 40.5 Å². The van der Waals surface area contributed by atoms with Gasteiger partial charge in [0.15, 0.2) is 0 Å². The van der Waals surface area contributed by atoms with Crippen LogP contribution < -0.4 is 5.46 Å². The van der Waals surface area contributed by atoms with Gasteiger partial charge < -0.3 is 10.0 Å². The lowest BCUT2D eigenvalue weighted by molar-refractivity contribution is 0.426. The van der Waals surface area contributed by atoms with Gasteiger partial charge in [0, 0.05) is 0 Å². The lowest BCUT2D eigenvalue weighted by atomic mass is 9.80. The summed E-state index contributed by atoms with van der Waals surface area (Å²) in [6.45, 7) is 4.55. The summed E-state index contributed by atoms with van der Waals surface area (Å²) in [6, 6.07) is 16.5. The second kappa shape index (κ2) is 13.6. The van der Waals surface area contributed by atoms with Gasteiger partial charge in [0.05, 0.1) is 0 Å². The van der Waals surface area contributed by atoms with Crippen molar-refractivity contribution < 1.29 is 10.0 Å². The van der Waals surface area contributed by atoms with Crippen molar-refractivity contribution in [1.82, 2.24) is 0 Å². The van der Waals surface area contributed by atoms with E-state index in [4.69, 9.17) is 0 Å². The maximum atomic E-state index is 9.26. The second-order valence-corrected chi connectivity index (χ2v) is 8.37. The van der Waals surface area contributed by atoms with Crippen LogP contribution in [0.25, 0.3) is 11.1 Å². The van der Waals surface area contributed by atoms with Crippen molar-refractivity contribution in [2.45, 2.75) is 90.4 Å². The lowest BCUT2D eigenvalue weighted by Gasteiger charge is -2.18. The molecule has 0 saturated heterocycles. The van der Waals surface area contributed by atoms with Gasteiger partial charge in [0.1, 0.15) is 0 Å². The number of rotatable bonds is 14. The van der Waals surface area contributed by atoms with Gasteiger partial charge in [-0.1, -0.05) is 120 Å². The first-order chi connectivity index (χ1) is 14.2. The largest absolute Gasteiger partial charge is 0.488 e. The summed E-state index contributed by atoms with van der Waals surface area (Å²) in [5.74, 6) is 0.675. The van der Waals surface area contributed by atoms with Crippen molar-refractivity contribution in [3.05, 3.63) is 54.1 Å². The van der Waals surface area contributed by atoms with Gasteiger partial charge in [-0.15, -0.1) is 0 Å². The van der Waals surface area contributed by atoms with Crippen molar-refractivity contribution in [3.63, 3.8) is 0 Å². The molecule has 158 valence electrons. The van der Waals surface area contributed by atoms with Crippen LogP contribution in [0.3, 0.4) is 0 Å². The van der Waals surface area contributed by atoms with Gasteiger partial charge in [0.2, 0.25) is 0 Å². The molecule has 0 radical (unpaired) electrons. The Morgan fingerprint density at radius 2 is 1.07 bits per heavy atom. The molecular weight excluding hydrogens is 355 g/mol. The first kappa shape index (κ1) is 23.7. The molecule has 0 aromatic heterocycles. The fraction of sp³-hybridized carbons (Fsp3) is 0.538. The van der Waals surface area contributed by atoms with Gasteiger partial charge in [0.25, 0.3) is 0 Å². The van der Waals surface area contributed by atoms with E-state index < -0.39 is 7.12 Å². The van der Waals surface area contributed by atoms with E-state index in [1.165, 1.54) is 81.8 Å². The predicted molar refractivity (Wildman–Crippen MR) is 127 cm³/mol. The molecule has 29 heavy (non-hydrogen) atoms. The molecule has 0 saturated carbocycles. The summed E-state index contributed by atoms with van der Waals surface area (Å²) >= 11 is 0. The lowest BCUT2D eigenvalue weighted by Crippen LogP contribution is -2.29. The highest BCUT2D eigenvalue weighted by Gasteiger charge is 2.13. The van der Waals surface area contributed by atoms with Crippen molar-refractivity contribution >= 4 is 12.6 Å². The van der Waals surface area contributed by atoms with Crippen LogP contribution in [-0.2, 0) is 0 Å². The van der Waals surface area contributed by atoms with Gasteiger partial charge in [-0.25, -0.2) is 0 Å². The summed E-state index contributed by atoms with van der Waals surface area (Å²) in [6.07, 6.45) is 14.7. The summed E-state index contributed by atoms with van der Waals surface area (Å²) in [5.41, 5.74) is 4.29. The van der Waals surface area contributed by atoms with Crippen LogP contribution in [0.1, 0.15) is 96.0 Å².